The predicted octanol–water partition coefficient (Wildman–Crippen LogP) is 4.02. The van der Waals surface area contributed by atoms with Crippen LogP contribution in [-0.4, -0.2) is 58.2 Å². The minimum absolute atomic E-state index is 0.119. The predicted molar refractivity (Wildman–Crippen MR) is 118 cm³/mol. The molecule has 1 fully saturated rings. The van der Waals surface area contributed by atoms with Crippen molar-refractivity contribution in [1.29, 1.82) is 0 Å². The second kappa shape index (κ2) is 14.0. The number of carbonyl (C=O) groups excluding carboxylic acids is 2. The lowest BCUT2D eigenvalue weighted by Crippen LogP contribution is -2.42. The average molecular weight is 412 g/mol. The molecule has 1 aliphatic heterocycles. The van der Waals surface area contributed by atoms with E-state index >= 15 is 0 Å². The van der Waals surface area contributed by atoms with E-state index in [1.807, 2.05) is 5.01 Å². The third kappa shape index (κ3) is 11.0. The monoisotopic (exact) mass is 411 g/mol. The lowest BCUT2D eigenvalue weighted by Gasteiger charge is -2.28. The Morgan fingerprint density at radius 1 is 1.07 bits per heavy atom. The quantitative estimate of drug-likeness (QED) is 0.376. The van der Waals surface area contributed by atoms with E-state index in [1.54, 1.807) is 0 Å². The van der Waals surface area contributed by atoms with Crippen molar-refractivity contribution in [2.75, 3.05) is 19.6 Å². The van der Waals surface area contributed by atoms with Crippen molar-refractivity contribution in [2.24, 2.45) is 0 Å². The second-order valence-corrected chi connectivity index (χ2v) is 9.11. The Morgan fingerprint density at radius 3 is 2.48 bits per heavy atom. The van der Waals surface area contributed by atoms with Crippen LogP contribution in [-0.2, 0) is 9.59 Å². The van der Waals surface area contributed by atoms with E-state index in [1.165, 1.54) is 0 Å². The maximum Gasteiger partial charge on any atom is 0.238 e. The summed E-state index contributed by atoms with van der Waals surface area (Å²) in [5.41, 5.74) is -0.119. The van der Waals surface area contributed by atoms with Gasteiger partial charge in [0.1, 0.15) is 0 Å². The van der Waals surface area contributed by atoms with Gasteiger partial charge in [-0.2, -0.15) is 0 Å². The number of aliphatic hydroxyl groups is 1. The van der Waals surface area contributed by atoms with E-state index < -0.39 is 0 Å². The van der Waals surface area contributed by atoms with Gasteiger partial charge in [-0.1, -0.05) is 46.0 Å². The Kier molecular flexibility index (Phi) is 12.5. The molecule has 1 atom stereocenters. The van der Waals surface area contributed by atoms with E-state index in [4.69, 9.17) is 0 Å². The van der Waals surface area contributed by atoms with Crippen LogP contribution in [0.15, 0.2) is 0 Å². The van der Waals surface area contributed by atoms with Gasteiger partial charge in [0.25, 0.3) is 0 Å². The van der Waals surface area contributed by atoms with Gasteiger partial charge >= 0.3 is 0 Å². The number of aliphatic hydroxyl groups excluding tert-OH is 1. The molecule has 0 radical (unpaired) electrons. The summed E-state index contributed by atoms with van der Waals surface area (Å²) in [6.45, 7) is 10.6. The minimum atomic E-state index is -0.305. The van der Waals surface area contributed by atoms with E-state index in [0.717, 1.165) is 70.9 Å². The van der Waals surface area contributed by atoms with Crippen molar-refractivity contribution >= 4 is 11.8 Å². The van der Waals surface area contributed by atoms with Crippen LogP contribution in [0.4, 0.5) is 0 Å². The van der Waals surface area contributed by atoms with Crippen LogP contribution in [0.1, 0.15) is 105 Å². The van der Waals surface area contributed by atoms with Crippen molar-refractivity contribution in [2.45, 2.75) is 116 Å². The van der Waals surface area contributed by atoms with Crippen molar-refractivity contribution in [3.63, 3.8) is 0 Å². The number of amides is 2. The number of rotatable bonds is 16. The van der Waals surface area contributed by atoms with Gasteiger partial charge in [-0.3, -0.25) is 14.6 Å². The number of hydrogen-bond acceptors (Lipinski definition) is 4. The van der Waals surface area contributed by atoms with Crippen molar-refractivity contribution in [3.8, 4) is 0 Å². The highest BCUT2D eigenvalue weighted by Crippen LogP contribution is 2.16. The Hall–Kier alpha value is -1.14. The molecule has 0 aromatic rings. The van der Waals surface area contributed by atoms with Crippen LogP contribution in [0.3, 0.4) is 0 Å². The largest absolute Gasteiger partial charge is 0.393 e. The van der Waals surface area contributed by atoms with Gasteiger partial charge in [0.15, 0.2) is 0 Å². The molecule has 0 saturated carbocycles. The van der Waals surface area contributed by atoms with Gasteiger partial charge in [0.05, 0.1) is 6.10 Å². The van der Waals surface area contributed by atoms with Gasteiger partial charge in [-0.25, -0.2) is 5.01 Å². The molecule has 6 heteroatoms. The normalized spacial score (nSPS) is 16.4. The molecule has 1 rings (SSSR count). The van der Waals surface area contributed by atoms with E-state index in [-0.39, 0.29) is 23.5 Å². The molecule has 1 heterocycles. The number of carbonyl (C=O) groups is 2. The molecule has 0 bridgehead atoms. The van der Waals surface area contributed by atoms with Crippen LogP contribution in [0.25, 0.3) is 0 Å². The van der Waals surface area contributed by atoms with Crippen LogP contribution < -0.4 is 5.32 Å². The number of hydrogen-bond donors (Lipinski definition) is 2. The summed E-state index contributed by atoms with van der Waals surface area (Å²) in [5, 5.41) is 17.2. The summed E-state index contributed by atoms with van der Waals surface area (Å²) in [4.78, 5) is 24.1. The summed E-state index contributed by atoms with van der Waals surface area (Å²) in [6.07, 6.45) is 10.7. The average Bonchev–Trinajstić information content (AvgIpc) is 3.02. The molecule has 0 aromatic carbocycles. The van der Waals surface area contributed by atoms with E-state index in [2.05, 4.69) is 38.0 Å². The molecule has 6 nitrogen and oxygen atoms in total. The Balaban J connectivity index is 2.17. The standard InChI is InChI=1S/C23H45N3O3/c1-5-7-10-13-20(27)15-19-26-22(29)16-18-25(26)17-12-9-8-11-14-21(28)24-23(3,4)6-2/h20,27H,5-19H2,1-4H3,(H,24,28). The summed E-state index contributed by atoms with van der Waals surface area (Å²) >= 11 is 0. The maximum atomic E-state index is 12.2. The highest BCUT2D eigenvalue weighted by atomic mass is 16.3. The third-order valence-electron chi connectivity index (χ3n) is 5.96. The van der Waals surface area contributed by atoms with Crippen LogP contribution >= 0.6 is 0 Å². The first-order chi connectivity index (χ1) is 13.8. The lowest BCUT2D eigenvalue weighted by atomic mass is 10.0. The summed E-state index contributed by atoms with van der Waals surface area (Å²) in [5.74, 6) is 0.326. The van der Waals surface area contributed by atoms with Crippen molar-refractivity contribution in [3.05, 3.63) is 0 Å². The summed E-state index contributed by atoms with van der Waals surface area (Å²) < 4.78 is 0. The minimum Gasteiger partial charge on any atom is -0.393 e. The highest BCUT2D eigenvalue weighted by Gasteiger charge is 2.28. The van der Waals surface area contributed by atoms with Gasteiger partial charge < -0.3 is 10.4 Å². The number of unbranched alkanes of at least 4 members (excludes halogenated alkanes) is 5. The second-order valence-electron chi connectivity index (χ2n) is 9.11. The molecular weight excluding hydrogens is 366 g/mol. The first-order valence-electron chi connectivity index (χ1n) is 11.8. The first kappa shape index (κ1) is 25.9. The molecule has 0 aliphatic carbocycles. The molecule has 1 aliphatic rings. The fourth-order valence-electron chi connectivity index (χ4n) is 3.64. The Bertz CT molecular complexity index is 482. The van der Waals surface area contributed by atoms with E-state index in [0.29, 0.717) is 25.8 Å². The molecule has 1 saturated heterocycles. The summed E-state index contributed by atoms with van der Waals surface area (Å²) in [6, 6.07) is 0. The smallest absolute Gasteiger partial charge is 0.238 e. The molecule has 0 spiro atoms. The third-order valence-corrected chi connectivity index (χ3v) is 5.96. The first-order valence-corrected chi connectivity index (χ1v) is 11.8. The van der Waals surface area contributed by atoms with Crippen LogP contribution in [0, 0.1) is 0 Å². The van der Waals surface area contributed by atoms with Gasteiger partial charge in [0.2, 0.25) is 11.8 Å². The van der Waals surface area contributed by atoms with Crippen molar-refractivity contribution < 1.29 is 14.7 Å². The number of nitrogens with zero attached hydrogens (tertiary/aromatic N) is 2. The molecule has 2 N–H and O–H groups in total. The Labute approximate surface area is 178 Å². The van der Waals surface area contributed by atoms with Gasteiger partial charge in [-0.15, -0.1) is 0 Å². The molecule has 2 amide bonds. The maximum absolute atomic E-state index is 12.2. The molecule has 1 unspecified atom stereocenters. The SMILES string of the molecule is CCCCCC(O)CCN1C(=O)CCN1CCCCCCC(=O)NC(C)(C)CC. The molecule has 0 aromatic heterocycles. The van der Waals surface area contributed by atoms with Crippen molar-refractivity contribution in [1.82, 2.24) is 15.3 Å². The summed E-state index contributed by atoms with van der Waals surface area (Å²) in [7, 11) is 0. The lowest BCUT2D eigenvalue weighted by molar-refractivity contribution is -0.138. The van der Waals surface area contributed by atoms with Crippen LogP contribution in [0.2, 0.25) is 0 Å². The fraction of sp³-hybridized carbons (Fsp3) is 0.913. The highest BCUT2D eigenvalue weighted by molar-refractivity contribution is 5.77. The van der Waals surface area contributed by atoms with Gasteiger partial charge in [-0.05, 0) is 46.0 Å². The van der Waals surface area contributed by atoms with Gasteiger partial charge in [0, 0.05) is 38.0 Å². The molecule has 29 heavy (non-hydrogen) atoms. The fourth-order valence-corrected chi connectivity index (χ4v) is 3.64. The zero-order chi connectivity index (χ0) is 21.7. The zero-order valence-corrected chi connectivity index (χ0v) is 19.3. The number of nitrogens with one attached hydrogen (secondary N) is 1. The Morgan fingerprint density at radius 2 is 1.79 bits per heavy atom. The zero-order valence-electron chi connectivity index (χ0n) is 19.3. The van der Waals surface area contributed by atoms with E-state index in [9.17, 15) is 14.7 Å². The van der Waals surface area contributed by atoms with Crippen LogP contribution in [0.5, 0.6) is 0 Å². The topological polar surface area (TPSA) is 72.9 Å². The number of hydrazine groups is 1. The molecule has 170 valence electrons. The molecular formula is C23H45N3O3.